The Kier molecular flexibility index (Phi) is 12.6. The number of hydrogen-bond acceptors (Lipinski definition) is 6. The van der Waals surface area contributed by atoms with Crippen molar-refractivity contribution in [3.8, 4) is 5.75 Å². The lowest BCUT2D eigenvalue weighted by Crippen LogP contribution is -2.08. The van der Waals surface area contributed by atoms with Gasteiger partial charge in [0, 0.05) is 11.0 Å². The van der Waals surface area contributed by atoms with Crippen molar-refractivity contribution < 1.29 is 14.3 Å². The van der Waals surface area contributed by atoms with Crippen LogP contribution in [0.15, 0.2) is 86.7 Å². The molecule has 0 spiro atoms. The Morgan fingerprint density at radius 3 is 2.37 bits per heavy atom. The Labute approximate surface area is 187 Å². The summed E-state index contributed by atoms with van der Waals surface area (Å²) in [5.41, 5.74) is 0.0931. The first-order valence-electron chi connectivity index (χ1n) is 9.08. The van der Waals surface area contributed by atoms with Crippen molar-refractivity contribution in [3.05, 3.63) is 88.8 Å². The highest BCUT2D eigenvalue weighted by Gasteiger charge is 2.17. The standard InChI is InChI=1S/C22H26O4S2.C2H4/c1-7-9-10-17-12-19(24)20(21(25)26-17)28-14-16(22(4,5)6)11-18(8-2)27-13-15(3)23;1-2/h7-12,14,24H,1-2,13H2,3-6H3;1-2H2/b10-9+,16-14-,18-11+;. The van der Waals surface area contributed by atoms with E-state index in [0.717, 1.165) is 22.2 Å². The molecule has 1 N–H and O–H groups in total. The molecule has 0 saturated heterocycles. The van der Waals surface area contributed by atoms with Crippen LogP contribution in [-0.4, -0.2) is 16.6 Å². The van der Waals surface area contributed by atoms with Gasteiger partial charge in [0.05, 0.1) is 5.75 Å². The summed E-state index contributed by atoms with van der Waals surface area (Å²) < 4.78 is 5.20. The van der Waals surface area contributed by atoms with Crippen molar-refractivity contribution in [1.82, 2.24) is 0 Å². The molecule has 162 valence electrons. The van der Waals surface area contributed by atoms with Gasteiger partial charge >= 0.3 is 5.63 Å². The van der Waals surface area contributed by atoms with Gasteiger partial charge in [-0.25, -0.2) is 4.79 Å². The average molecular weight is 447 g/mol. The maximum atomic E-state index is 12.2. The molecule has 0 aromatic carbocycles. The lowest BCUT2D eigenvalue weighted by atomic mass is 9.87. The highest BCUT2D eigenvalue weighted by Crippen LogP contribution is 2.35. The maximum Gasteiger partial charge on any atom is 0.354 e. The van der Waals surface area contributed by atoms with Gasteiger partial charge in [-0.15, -0.1) is 24.9 Å². The third kappa shape index (κ3) is 9.85. The number of carbonyl (C=O) groups excluding carboxylic acids is 1. The molecule has 0 unspecified atom stereocenters. The fraction of sp³-hybridized carbons (Fsp3) is 0.250. The molecule has 0 saturated carbocycles. The molecule has 30 heavy (non-hydrogen) atoms. The van der Waals surface area contributed by atoms with Gasteiger partial charge in [0.1, 0.15) is 22.2 Å². The van der Waals surface area contributed by atoms with Gasteiger partial charge in [-0.05, 0) is 35.5 Å². The SMILES string of the molecule is C=C.C=C/C=C/c1cc(O)c(S/C=C(/C=C(\C=C)SCC(C)=O)C(C)(C)C)c(=O)o1. The zero-order valence-electron chi connectivity index (χ0n) is 18.1. The van der Waals surface area contributed by atoms with Gasteiger partial charge in [-0.1, -0.05) is 63.9 Å². The number of aromatic hydroxyl groups is 1. The van der Waals surface area contributed by atoms with E-state index in [0.29, 0.717) is 5.75 Å². The second kappa shape index (κ2) is 13.7. The van der Waals surface area contributed by atoms with Crippen LogP contribution >= 0.6 is 23.5 Å². The van der Waals surface area contributed by atoms with Crippen molar-refractivity contribution in [2.75, 3.05) is 5.75 Å². The average Bonchev–Trinajstić information content (AvgIpc) is 2.67. The molecule has 1 heterocycles. The lowest BCUT2D eigenvalue weighted by molar-refractivity contribution is -0.114. The van der Waals surface area contributed by atoms with E-state index in [9.17, 15) is 14.7 Å². The second-order valence-electron chi connectivity index (χ2n) is 6.93. The van der Waals surface area contributed by atoms with E-state index in [1.165, 1.54) is 17.8 Å². The number of allylic oxidation sites excluding steroid dienone is 5. The van der Waals surface area contributed by atoms with Gasteiger partial charge in [0.2, 0.25) is 0 Å². The molecule has 0 fully saturated rings. The Bertz CT molecular complexity index is 897. The first-order chi connectivity index (χ1) is 14.1. The molecular formula is C24H30O4S2. The smallest absolute Gasteiger partial charge is 0.354 e. The van der Waals surface area contributed by atoms with E-state index in [1.807, 2.05) is 32.3 Å². The largest absolute Gasteiger partial charge is 0.506 e. The van der Waals surface area contributed by atoms with Gasteiger partial charge in [-0.2, -0.15) is 0 Å². The zero-order chi connectivity index (χ0) is 23.3. The lowest BCUT2D eigenvalue weighted by Gasteiger charge is -2.21. The van der Waals surface area contributed by atoms with Crippen molar-refractivity contribution in [2.24, 2.45) is 5.41 Å². The van der Waals surface area contributed by atoms with Crippen molar-refractivity contribution >= 4 is 35.4 Å². The summed E-state index contributed by atoms with van der Waals surface area (Å²) in [6.45, 7) is 21.0. The molecule has 6 heteroatoms. The molecule has 1 aromatic heterocycles. The van der Waals surface area contributed by atoms with Crippen LogP contribution in [0.5, 0.6) is 5.75 Å². The first kappa shape index (κ1) is 27.6. The van der Waals surface area contributed by atoms with Crippen molar-refractivity contribution in [3.63, 3.8) is 0 Å². The van der Waals surface area contributed by atoms with E-state index >= 15 is 0 Å². The minimum atomic E-state index is -0.614. The third-order valence-corrected chi connectivity index (χ3v) is 5.57. The van der Waals surface area contributed by atoms with Crippen LogP contribution in [-0.2, 0) is 4.79 Å². The normalized spacial score (nSPS) is 12.3. The van der Waals surface area contributed by atoms with Crippen LogP contribution in [0.4, 0.5) is 0 Å². The molecular weight excluding hydrogens is 416 g/mol. The highest BCUT2D eigenvalue weighted by atomic mass is 32.2. The minimum absolute atomic E-state index is 0.0848. The summed E-state index contributed by atoms with van der Waals surface area (Å²) >= 11 is 2.51. The van der Waals surface area contributed by atoms with Crippen molar-refractivity contribution in [1.29, 1.82) is 0 Å². The number of Topliss-reactive ketones (excluding diaryl/α,β-unsaturated/α-hetero) is 1. The van der Waals surface area contributed by atoms with Gasteiger partial charge < -0.3 is 9.52 Å². The first-order valence-corrected chi connectivity index (χ1v) is 10.9. The van der Waals surface area contributed by atoms with E-state index in [1.54, 1.807) is 31.2 Å². The number of ketones is 1. The number of hydrogen-bond donors (Lipinski definition) is 1. The number of rotatable bonds is 9. The number of carbonyl (C=O) groups is 1. The van der Waals surface area contributed by atoms with Gasteiger partial charge in [0.15, 0.2) is 0 Å². The minimum Gasteiger partial charge on any atom is -0.506 e. The van der Waals surface area contributed by atoms with E-state index < -0.39 is 5.63 Å². The topological polar surface area (TPSA) is 67.5 Å². The van der Waals surface area contributed by atoms with Crippen LogP contribution in [0.3, 0.4) is 0 Å². The summed E-state index contributed by atoms with van der Waals surface area (Å²) in [6, 6.07) is 1.39. The van der Waals surface area contributed by atoms with Crippen LogP contribution in [0.1, 0.15) is 33.5 Å². The van der Waals surface area contributed by atoms with E-state index in [2.05, 4.69) is 26.3 Å². The molecule has 0 aliphatic rings. The third-order valence-electron chi connectivity index (χ3n) is 3.41. The van der Waals surface area contributed by atoms with Crippen LogP contribution < -0.4 is 5.63 Å². The molecule has 0 bridgehead atoms. The van der Waals surface area contributed by atoms with Gasteiger partial charge in [-0.3, -0.25) is 4.79 Å². The summed E-state index contributed by atoms with van der Waals surface area (Å²) in [6.07, 6.45) is 8.34. The Hall–Kier alpha value is -2.44. The Morgan fingerprint density at radius 2 is 1.90 bits per heavy atom. The van der Waals surface area contributed by atoms with Crippen LogP contribution in [0.25, 0.3) is 6.08 Å². The van der Waals surface area contributed by atoms with Crippen LogP contribution in [0, 0.1) is 5.41 Å². The molecule has 0 radical (unpaired) electrons. The summed E-state index contributed by atoms with van der Waals surface area (Å²) in [5, 5.41) is 12.0. The predicted molar refractivity (Wildman–Crippen MR) is 132 cm³/mol. The molecule has 0 atom stereocenters. The maximum absolute atomic E-state index is 12.2. The zero-order valence-corrected chi connectivity index (χ0v) is 19.7. The Morgan fingerprint density at radius 1 is 1.27 bits per heavy atom. The Balaban J connectivity index is 0.00000407. The second-order valence-corrected chi connectivity index (χ2v) is 8.86. The quantitative estimate of drug-likeness (QED) is 0.257. The fourth-order valence-corrected chi connectivity index (χ4v) is 3.57. The molecule has 4 nitrogen and oxygen atoms in total. The molecule has 1 aromatic rings. The van der Waals surface area contributed by atoms with E-state index in [-0.39, 0.29) is 27.6 Å². The summed E-state index contributed by atoms with van der Waals surface area (Å²) in [5.74, 6) is 0.558. The molecule has 1 rings (SSSR count). The highest BCUT2D eigenvalue weighted by molar-refractivity contribution is 8.04. The molecule has 0 aliphatic heterocycles. The van der Waals surface area contributed by atoms with Gasteiger partial charge in [0.25, 0.3) is 0 Å². The fourth-order valence-electron chi connectivity index (χ4n) is 1.89. The van der Waals surface area contributed by atoms with Crippen LogP contribution in [0.2, 0.25) is 0 Å². The summed E-state index contributed by atoms with van der Waals surface area (Å²) in [7, 11) is 0. The van der Waals surface area contributed by atoms with E-state index in [4.69, 9.17) is 4.42 Å². The molecule has 0 aliphatic carbocycles. The molecule has 0 amide bonds. The van der Waals surface area contributed by atoms with Crippen molar-refractivity contribution in [2.45, 2.75) is 32.6 Å². The predicted octanol–water partition coefficient (Wildman–Crippen LogP) is 6.76. The monoisotopic (exact) mass is 446 g/mol. The number of thioether (sulfide) groups is 2. The summed E-state index contributed by atoms with van der Waals surface area (Å²) in [4.78, 5) is 24.4.